The molecule has 2 unspecified atom stereocenters. The van der Waals surface area contributed by atoms with Gasteiger partial charge in [0.2, 0.25) is 0 Å². The third-order valence-corrected chi connectivity index (χ3v) is 7.42. The quantitative estimate of drug-likeness (QED) is 0.443. The second kappa shape index (κ2) is 12.5. The number of aromatic nitrogens is 1. The fraction of sp³-hybridized carbons (Fsp3) is 0.407. The molecule has 4 rings (SSSR count). The number of halogens is 2. The van der Waals surface area contributed by atoms with E-state index in [9.17, 15) is 9.90 Å². The molecule has 1 saturated heterocycles. The highest BCUT2D eigenvalue weighted by Gasteiger charge is 2.39. The largest absolute Gasteiger partial charge is 0.481 e. The minimum atomic E-state index is -0.793. The third kappa shape index (κ3) is 5.56. The van der Waals surface area contributed by atoms with Gasteiger partial charge in [0.25, 0.3) is 0 Å². The highest BCUT2D eigenvalue weighted by molar-refractivity contribution is 6.45. The summed E-state index contributed by atoms with van der Waals surface area (Å²) in [6.45, 7) is 7.18. The molecule has 0 aliphatic carbocycles. The van der Waals surface area contributed by atoms with E-state index in [1.807, 2.05) is 51.9 Å². The molecular formula is C27H34Cl2N2O4. The molecule has 1 aliphatic rings. The van der Waals surface area contributed by atoms with E-state index in [0.717, 1.165) is 47.2 Å². The van der Waals surface area contributed by atoms with Crippen LogP contribution >= 0.6 is 23.2 Å². The second-order valence-electron chi connectivity index (χ2n) is 8.80. The minimum Gasteiger partial charge on any atom is -0.481 e. The molecule has 1 aliphatic heterocycles. The van der Waals surface area contributed by atoms with Crippen LogP contribution in [0.4, 0.5) is 0 Å². The Labute approximate surface area is 217 Å². The van der Waals surface area contributed by atoms with E-state index >= 15 is 0 Å². The SMILES string of the molecule is C=O.CC(C)C(C(=O)O)c1ccc(C2(c3cc4c(Cl)c(Cl)ccc4n3C)CCCOC2)cc1.CN. The van der Waals surface area contributed by atoms with E-state index in [-0.39, 0.29) is 11.3 Å². The van der Waals surface area contributed by atoms with Crippen LogP contribution in [0.3, 0.4) is 0 Å². The predicted molar refractivity (Wildman–Crippen MR) is 143 cm³/mol. The van der Waals surface area contributed by atoms with Crippen LogP contribution in [0.5, 0.6) is 0 Å². The number of hydrogen-bond donors (Lipinski definition) is 2. The maximum absolute atomic E-state index is 11.8. The lowest BCUT2D eigenvalue weighted by atomic mass is 9.73. The van der Waals surface area contributed by atoms with Crippen molar-refractivity contribution in [3.05, 3.63) is 69.3 Å². The summed E-state index contributed by atoms with van der Waals surface area (Å²) in [5.41, 5.74) is 8.26. The Morgan fingerprint density at radius 1 is 1.14 bits per heavy atom. The van der Waals surface area contributed by atoms with E-state index in [4.69, 9.17) is 32.7 Å². The Hall–Kier alpha value is -2.38. The van der Waals surface area contributed by atoms with Gasteiger partial charge in [0.15, 0.2) is 0 Å². The molecule has 3 aromatic rings. The molecule has 2 heterocycles. The van der Waals surface area contributed by atoms with Crippen LogP contribution < -0.4 is 5.73 Å². The van der Waals surface area contributed by atoms with Crippen molar-refractivity contribution in [1.82, 2.24) is 4.57 Å². The van der Waals surface area contributed by atoms with Crippen molar-refractivity contribution >= 4 is 46.9 Å². The molecule has 0 bridgehead atoms. The summed E-state index contributed by atoms with van der Waals surface area (Å²) in [7, 11) is 3.55. The molecule has 8 heteroatoms. The molecular weight excluding hydrogens is 487 g/mol. The first kappa shape index (κ1) is 28.9. The first-order valence-corrected chi connectivity index (χ1v) is 12.2. The summed E-state index contributed by atoms with van der Waals surface area (Å²) >= 11 is 12.8. The average molecular weight is 521 g/mol. The van der Waals surface area contributed by atoms with Crippen molar-refractivity contribution in [2.45, 2.75) is 38.0 Å². The number of carbonyl (C=O) groups is 2. The van der Waals surface area contributed by atoms with Crippen molar-refractivity contribution in [2.24, 2.45) is 18.7 Å². The highest BCUT2D eigenvalue weighted by atomic mass is 35.5. The van der Waals surface area contributed by atoms with Crippen LogP contribution in [0.25, 0.3) is 10.9 Å². The topological polar surface area (TPSA) is 94.5 Å². The van der Waals surface area contributed by atoms with Crippen LogP contribution in [0.1, 0.15) is 49.4 Å². The Morgan fingerprint density at radius 2 is 1.77 bits per heavy atom. The normalized spacial score (nSPS) is 18.3. The summed E-state index contributed by atoms with van der Waals surface area (Å²) < 4.78 is 8.16. The van der Waals surface area contributed by atoms with Gasteiger partial charge in [-0.2, -0.15) is 0 Å². The van der Waals surface area contributed by atoms with Gasteiger partial charge in [0.1, 0.15) is 6.79 Å². The minimum absolute atomic E-state index is 0.0142. The number of hydrogen-bond acceptors (Lipinski definition) is 4. The zero-order valence-electron chi connectivity index (χ0n) is 20.7. The molecule has 35 heavy (non-hydrogen) atoms. The van der Waals surface area contributed by atoms with Gasteiger partial charge in [0.05, 0.1) is 28.0 Å². The molecule has 1 fully saturated rings. The molecule has 0 amide bonds. The molecule has 190 valence electrons. The van der Waals surface area contributed by atoms with Gasteiger partial charge in [-0.15, -0.1) is 0 Å². The maximum atomic E-state index is 11.8. The van der Waals surface area contributed by atoms with Crippen molar-refractivity contribution in [3.63, 3.8) is 0 Å². The number of benzene rings is 2. The summed E-state index contributed by atoms with van der Waals surface area (Å²) in [4.78, 5) is 19.8. The van der Waals surface area contributed by atoms with Crippen molar-refractivity contribution in [2.75, 3.05) is 20.3 Å². The van der Waals surface area contributed by atoms with Gasteiger partial charge in [0, 0.05) is 30.3 Å². The van der Waals surface area contributed by atoms with E-state index in [1.165, 1.54) is 7.05 Å². The smallest absolute Gasteiger partial charge is 0.311 e. The molecule has 3 N–H and O–H groups in total. The summed E-state index contributed by atoms with van der Waals surface area (Å²) in [5, 5.41) is 11.7. The predicted octanol–water partition coefficient (Wildman–Crippen LogP) is 5.80. The molecule has 2 aromatic carbocycles. The van der Waals surface area contributed by atoms with Gasteiger partial charge in [-0.05, 0) is 55.1 Å². The number of carboxylic acids is 1. The zero-order chi connectivity index (χ0) is 26.3. The summed E-state index contributed by atoms with van der Waals surface area (Å²) in [6, 6.07) is 14.0. The van der Waals surface area contributed by atoms with E-state index in [1.54, 1.807) is 0 Å². The number of rotatable bonds is 5. The van der Waals surface area contributed by atoms with Gasteiger partial charge < -0.3 is 24.9 Å². The summed E-state index contributed by atoms with van der Waals surface area (Å²) in [6.07, 6.45) is 1.88. The fourth-order valence-electron chi connectivity index (χ4n) is 5.00. The molecule has 6 nitrogen and oxygen atoms in total. The first-order chi connectivity index (χ1) is 16.8. The zero-order valence-corrected chi connectivity index (χ0v) is 22.2. The van der Waals surface area contributed by atoms with Gasteiger partial charge in [-0.3, -0.25) is 4.79 Å². The van der Waals surface area contributed by atoms with E-state index < -0.39 is 11.9 Å². The lowest BCUT2D eigenvalue weighted by Crippen LogP contribution is -2.39. The number of nitrogens with two attached hydrogens (primary N) is 1. The van der Waals surface area contributed by atoms with Crippen LogP contribution in [-0.2, 0) is 26.8 Å². The molecule has 1 aromatic heterocycles. The van der Waals surface area contributed by atoms with Crippen molar-refractivity contribution in [1.29, 1.82) is 0 Å². The Bertz CT molecular complexity index is 1140. The standard InChI is InChI=1S/C25H27Cl2NO3.CH5N.CH2O/c1-15(2)22(24(29)30)16-5-7-17(8-6-16)25(11-4-12-31-14-25)21-13-18-20(28(21)3)10-9-19(26)23(18)27;2*1-2/h5-10,13,15,22H,4,11-12,14H2,1-3H3,(H,29,30);2H2,1H3;1H2. The number of carbonyl (C=O) groups excluding carboxylic acids is 1. The number of aliphatic carboxylic acids is 1. The number of aryl methyl sites for hydroxylation is 1. The Kier molecular flexibility index (Phi) is 10.3. The molecule has 2 atom stereocenters. The number of ether oxygens (including phenoxy) is 1. The lowest BCUT2D eigenvalue weighted by Gasteiger charge is -2.38. The lowest BCUT2D eigenvalue weighted by molar-refractivity contribution is -0.139. The van der Waals surface area contributed by atoms with Crippen LogP contribution in [0.15, 0.2) is 42.5 Å². The molecule has 0 radical (unpaired) electrons. The molecule has 0 spiro atoms. The van der Waals surface area contributed by atoms with E-state index in [0.29, 0.717) is 16.7 Å². The van der Waals surface area contributed by atoms with Gasteiger partial charge in [-0.1, -0.05) is 61.3 Å². The fourth-order valence-corrected chi connectivity index (χ4v) is 5.38. The average Bonchev–Trinajstić information content (AvgIpc) is 3.22. The van der Waals surface area contributed by atoms with Gasteiger partial charge >= 0.3 is 5.97 Å². The van der Waals surface area contributed by atoms with Gasteiger partial charge in [-0.25, -0.2) is 0 Å². The highest BCUT2D eigenvalue weighted by Crippen LogP contribution is 2.44. The Balaban J connectivity index is 0.00000103. The van der Waals surface area contributed by atoms with Crippen molar-refractivity contribution < 1.29 is 19.4 Å². The first-order valence-electron chi connectivity index (χ1n) is 11.5. The van der Waals surface area contributed by atoms with Crippen LogP contribution in [0.2, 0.25) is 10.0 Å². The number of nitrogens with zero attached hydrogens (tertiary/aromatic N) is 1. The van der Waals surface area contributed by atoms with E-state index in [2.05, 4.69) is 28.5 Å². The van der Waals surface area contributed by atoms with Crippen LogP contribution in [0, 0.1) is 5.92 Å². The summed E-state index contributed by atoms with van der Waals surface area (Å²) in [5.74, 6) is -1.30. The second-order valence-corrected chi connectivity index (χ2v) is 9.59. The number of fused-ring (bicyclic) bond motifs is 1. The Morgan fingerprint density at radius 3 is 2.29 bits per heavy atom. The van der Waals surface area contributed by atoms with Crippen LogP contribution in [-0.4, -0.2) is 42.7 Å². The third-order valence-electron chi connectivity index (χ3n) is 6.60. The maximum Gasteiger partial charge on any atom is 0.311 e. The molecule has 0 saturated carbocycles. The van der Waals surface area contributed by atoms with Crippen molar-refractivity contribution in [3.8, 4) is 0 Å². The number of carboxylic acid groups (broad SMARTS) is 1. The monoisotopic (exact) mass is 520 g/mol.